The highest BCUT2D eigenvalue weighted by Gasteiger charge is 2.39. The van der Waals surface area contributed by atoms with Gasteiger partial charge in [0.2, 0.25) is 11.8 Å². The summed E-state index contributed by atoms with van der Waals surface area (Å²) in [5.41, 5.74) is 0.170. The van der Waals surface area contributed by atoms with Crippen LogP contribution in [0.3, 0.4) is 0 Å². The van der Waals surface area contributed by atoms with Crippen molar-refractivity contribution in [3.8, 4) is 0 Å². The van der Waals surface area contributed by atoms with Crippen molar-refractivity contribution in [2.75, 3.05) is 6.54 Å². The Morgan fingerprint density at radius 3 is 2.80 bits per heavy atom. The van der Waals surface area contributed by atoms with Gasteiger partial charge in [0.25, 0.3) is 0 Å². The fraction of sp³-hybridized carbons (Fsp3) is 0.818. The first-order valence-electron chi connectivity index (χ1n) is 5.85. The summed E-state index contributed by atoms with van der Waals surface area (Å²) in [5.74, 6) is 1.63. The minimum Gasteiger partial charge on any atom is -0.423 e. The van der Waals surface area contributed by atoms with E-state index in [0.717, 1.165) is 24.7 Å². The standard InChI is InChI=1S/C11H17N3O/c1-11(5-3-6-11)10-14-13-9(15-10)8-4-2-7-12-8/h8,12H,2-7H2,1H3. The van der Waals surface area contributed by atoms with E-state index in [9.17, 15) is 0 Å². The minimum absolute atomic E-state index is 0.170. The summed E-state index contributed by atoms with van der Waals surface area (Å²) in [5, 5.41) is 11.7. The van der Waals surface area contributed by atoms with Crippen LogP contribution in [-0.4, -0.2) is 16.7 Å². The molecule has 4 nitrogen and oxygen atoms in total. The van der Waals surface area contributed by atoms with Crippen molar-refractivity contribution in [2.24, 2.45) is 0 Å². The second-order valence-electron chi connectivity index (χ2n) is 5.01. The van der Waals surface area contributed by atoms with Crippen molar-refractivity contribution < 1.29 is 4.42 Å². The molecule has 1 aliphatic carbocycles. The van der Waals surface area contributed by atoms with Gasteiger partial charge in [-0.25, -0.2) is 0 Å². The molecular weight excluding hydrogens is 190 g/mol. The quantitative estimate of drug-likeness (QED) is 0.805. The largest absolute Gasteiger partial charge is 0.423 e. The highest BCUT2D eigenvalue weighted by atomic mass is 16.4. The van der Waals surface area contributed by atoms with Crippen LogP contribution in [0.4, 0.5) is 0 Å². The van der Waals surface area contributed by atoms with E-state index in [4.69, 9.17) is 4.42 Å². The van der Waals surface area contributed by atoms with Crippen molar-refractivity contribution in [1.29, 1.82) is 0 Å². The molecule has 1 saturated heterocycles. The van der Waals surface area contributed by atoms with Crippen molar-refractivity contribution >= 4 is 0 Å². The van der Waals surface area contributed by atoms with E-state index in [1.807, 2.05) is 0 Å². The van der Waals surface area contributed by atoms with Gasteiger partial charge in [0.15, 0.2) is 0 Å². The average molecular weight is 207 g/mol. The Bertz CT molecular complexity index is 350. The Balaban J connectivity index is 1.80. The van der Waals surface area contributed by atoms with Crippen LogP contribution >= 0.6 is 0 Å². The summed E-state index contributed by atoms with van der Waals surface area (Å²) >= 11 is 0. The van der Waals surface area contributed by atoms with Crippen molar-refractivity contribution in [3.05, 3.63) is 11.8 Å². The number of hydrogen-bond donors (Lipinski definition) is 1. The van der Waals surface area contributed by atoms with E-state index < -0.39 is 0 Å². The monoisotopic (exact) mass is 207 g/mol. The van der Waals surface area contributed by atoms with Gasteiger partial charge in [-0.2, -0.15) is 0 Å². The molecule has 1 aromatic heterocycles. The number of nitrogens with one attached hydrogen (secondary N) is 1. The zero-order chi connectivity index (χ0) is 10.3. The molecule has 1 atom stereocenters. The van der Waals surface area contributed by atoms with Crippen LogP contribution in [-0.2, 0) is 5.41 Å². The van der Waals surface area contributed by atoms with E-state index in [1.165, 1.54) is 25.7 Å². The molecule has 0 amide bonds. The van der Waals surface area contributed by atoms with Gasteiger partial charge in [-0.3, -0.25) is 0 Å². The predicted molar refractivity (Wildman–Crippen MR) is 55.5 cm³/mol. The van der Waals surface area contributed by atoms with Crippen molar-refractivity contribution in [2.45, 2.75) is 50.5 Å². The van der Waals surface area contributed by atoms with Gasteiger partial charge >= 0.3 is 0 Å². The van der Waals surface area contributed by atoms with Gasteiger partial charge in [-0.1, -0.05) is 13.3 Å². The van der Waals surface area contributed by atoms with Crippen molar-refractivity contribution in [1.82, 2.24) is 15.5 Å². The molecule has 1 saturated carbocycles. The smallest absolute Gasteiger partial charge is 0.233 e. The summed E-state index contributed by atoms with van der Waals surface area (Å²) in [4.78, 5) is 0. The fourth-order valence-corrected chi connectivity index (χ4v) is 2.44. The molecule has 1 aromatic rings. The van der Waals surface area contributed by atoms with Crippen molar-refractivity contribution in [3.63, 3.8) is 0 Å². The molecule has 0 spiro atoms. The topological polar surface area (TPSA) is 51.0 Å². The van der Waals surface area contributed by atoms with E-state index in [2.05, 4.69) is 22.4 Å². The maximum atomic E-state index is 5.79. The second kappa shape index (κ2) is 3.30. The Labute approximate surface area is 89.5 Å². The normalized spacial score (nSPS) is 29.0. The van der Waals surface area contributed by atoms with Gasteiger partial charge in [-0.05, 0) is 32.2 Å². The van der Waals surface area contributed by atoms with E-state index >= 15 is 0 Å². The van der Waals surface area contributed by atoms with Gasteiger partial charge in [-0.15, -0.1) is 10.2 Å². The molecule has 4 heteroatoms. The number of nitrogens with zero attached hydrogens (tertiary/aromatic N) is 2. The van der Waals surface area contributed by atoms with Gasteiger partial charge < -0.3 is 9.73 Å². The predicted octanol–water partition coefficient (Wildman–Crippen LogP) is 1.94. The van der Waals surface area contributed by atoms with Crippen LogP contribution in [0.15, 0.2) is 4.42 Å². The molecule has 1 aliphatic heterocycles. The lowest BCUT2D eigenvalue weighted by Crippen LogP contribution is -2.30. The molecule has 0 aromatic carbocycles. The SMILES string of the molecule is CC1(c2nnc(C3CCCN3)o2)CCC1. The fourth-order valence-electron chi connectivity index (χ4n) is 2.44. The van der Waals surface area contributed by atoms with E-state index in [0.29, 0.717) is 6.04 Å². The minimum atomic E-state index is 0.170. The van der Waals surface area contributed by atoms with Crippen LogP contribution in [0.2, 0.25) is 0 Å². The Hall–Kier alpha value is -0.900. The lowest BCUT2D eigenvalue weighted by molar-refractivity contribution is 0.207. The first kappa shape index (κ1) is 9.33. The lowest BCUT2D eigenvalue weighted by atomic mass is 9.70. The molecule has 2 aliphatic rings. The van der Waals surface area contributed by atoms with Crippen LogP contribution < -0.4 is 5.32 Å². The zero-order valence-corrected chi connectivity index (χ0v) is 9.12. The summed E-state index contributed by atoms with van der Waals surface area (Å²) in [6.07, 6.45) is 5.99. The number of rotatable bonds is 2. The Morgan fingerprint density at radius 1 is 1.33 bits per heavy atom. The summed E-state index contributed by atoms with van der Waals surface area (Å²) in [6, 6.07) is 0.301. The Kier molecular flexibility index (Phi) is 2.06. The summed E-state index contributed by atoms with van der Waals surface area (Å²) < 4.78 is 5.79. The highest BCUT2D eigenvalue weighted by Crippen LogP contribution is 2.42. The third kappa shape index (κ3) is 1.47. The zero-order valence-electron chi connectivity index (χ0n) is 9.12. The van der Waals surface area contributed by atoms with Gasteiger partial charge in [0.05, 0.1) is 6.04 Å². The molecule has 0 radical (unpaired) electrons. The maximum Gasteiger partial charge on any atom is 0.233 e. The molecule has 15 heavy (non-hydrogen) atoms. The molecule has 2 heterocycles. The second-order valence-corrected chi connectivity index (χ2v) is 5.01. The first-order valence-corrected chi connectivity index (χ1v) is 5.85. The molecule has 1 N–H and O–H groups in total. The molecular formula is C11H17N3O. The van der Waals surface area contributed by atoms with E-state index in [1.54, 1.807) is 0 Å². The molecule has 2 fully saturated rings. The molecule has 82 valence electrons. The highest BCUT2D eigenvalue weighted by molar-refractivity contribution is 5.08. The summed E-state index contributed by atoms with van der Waals surface area (Å²) in [7, 11) is 0. The lowest BCUT2D eigenvalue weighted by Gasteiger charge is -2.34. The van der Waals surface area contributed by atoms with Crippen LogP contribution in [0, 0.1) is 0 Å². The molecule has 3 rings (SSSR count). The number of aromatic nitrogens is 2. The molecule has 0 bridgehead atoms. The number of hydrogen-bond acceptors (Lipinski definition) is 4. The van der Waals surface area contributed by atoms with Crippen LogP contribution in [0.5, 0.6) is 0 Å². The first-order chi connectivity index (χ1) is 7.28. The maximum absolute atomic E-state index is 5.79. The van der Waals surface area contributed by atoms with Gasteiger partial charge in [0.1, 0.15) is 0 Å². The van der Waals surface area contributed by atoms with Crippen LogP contribution in [0.25, 0.3) is 0 Å². The van der Waals surface area contributed by atoms with Gasteiger partial charge in [0, 0.05) is 5.41 Å². The summed E-state index contributed by atoms with van der Waals surface area (Å²) in [6.45, 7) is 3.29. The third-order valence-electron chi connectivity index (χ3n) is 3.77. The third-order valence-corrected chi connectivity index (χ3v) is 3.77. The molecule has 1 unspecified atom stereocenters. The van der Waals surface area contributed by atoms with E-state index in [-0.39, 0.29) is 5.41 Å². The Morgan fingerprint density at radius 2 is 2.20 bits per heavy atom. The average Bonchev–Trinajstić information content (AvgIpc) is 2.84. The van der Waals surface area contributed by atoms with Crippen LogP contribution in [0.1, 0.15) is 56.9 Å².